The molecule has 0 aromatic heterocycles. The number of nitrogens with one attached hydrogen (secondary N) is 1. The number of amides is 2. The van der Waals surface area contributed by atoms with Gasteiger partial charge in [-0.05, 0) is 43.2 Å². The molecule has 2 aromatic rings. The highest BCUT2D eigenvalue weighted by molar-refractivity contribution is 6.37. The first kappa shape index (κ1) is 20.0. The molecular weight excluding hydrogens is 371 g/mol. The molecule has 136 valence electrons. The van der Waals surface area contributed by atoms with E-state index in [9.17, 15) is 9.59 Å². The van der Waals surface area contributed by atoms with Crippen LogP contribution in [-0.2, 0) is 9.59 Å². The van der Waals surface area contributed by atoms with Crippen LogP contribution in [0.2, 0.25) is 10.0 Å². The van der Waals surface area contributed by atoms with E-state index >= 15 is 0 Å². The van der Waals surface area contributed by atoms with Gasteiger partial charge < -0.3 is 10.2 Å². The Morgan fingerprint density at radius 2 is 1.58 bits per heavy atom. The number of halogens is 2. The van der Waals surface area contributed by atoms with Gasteiger partial charge in [0.15, 0.2) is 0 Å². The van der Waals surface area contributed by atoms with Gasteiger partial charge in [0.05, 0.1) is 6.54 Å². The molecule has 0 saturated heterocycles. The predicted octanol–water partition coefficient (Wildman–Crippen LogP) is 4.72. The van der Waals surface area contributed by atoms with E-state index in [0.29, 0.717) is 15.6 Å². The monoisotopic (exact) mass is 390 g/mol. The lowest BCUT2D eigenvalue weighted by Crippen LogP contribution is -2.34. The molecule has 4 nitrogen and oxygen atoms in total. The van der Waals surface area contributed by atoms with Crippen LogP contribution in [-0.4, -0.2) is 30.3 Å². The molecule has 0 spiro atoms. The van der Waals surface area contributed by atoms with Crippen LogP contribution in [0.5, 0.6) is 0 Å². The lowest BCUT2D eigenvalue weighted by atomic mass is 10.1. The van der Waals surface area contributed by atoms with Gasteiger partial charge in [-0.1, -0.05) is 47.5 Å². The van der Waals surface area contributed by atoms with Crippen molar-refractivity contribution >= 4 is 46.8 Å². The van der Waals surface area contributed by atoms with E-state index in [4.69, 9.17) is 23.2 Å². The maximum absolute atomic E-state index is 12.2. The van der Waals surface area contributed by atoms with E-state index in [2.05, 4.69) is 5.32 Å². The fourth-order valence-corrected chi connectivity index (χ4v) is 2.96. The van der Waals surface area contributed by atoms with Gasteiger partial charge in [-0.2, -0.15) is 0 Å². The number of anilines is 1. The molecule has 0 aliphatic carbocycles. The number of likely N-dealkylation sites (N-methyl/N-ethyl adjacent to an activating group) is 1. The van der Waals surface area contributed by atoms with Crippen molar-refractivity contribution in [3.05, 3.63) is 69.2 Å². The molecule has 26 heavy (non-hydrogen) atoms. The van der Waals surface area contributed by atoms with Crippen molar-refractivity contribution in [3.8, 4) is 0 Å². The third-order valence-electron chi connectivity index (χ3n) is 3.89. The Morgan fingerprint density at radius 3 is 2.15 bits per heavy atom. The van der Waals surface area contributed by atoms with Crippen LogP contribution in [0.1, 0.15) is 16.7 Å². The standard InChI is InChI=1S/C20H20Cl2N2O2/c1-13-6-4-7-14(2)20(13)23-18(25)12-24(3)19(26)11-10-15-16(21)8-5-9-17(15)22/h4-11H,12H2,1-3H3,(H,23,25)/b11-10+. The van der Waals surface area contributed by atoms with E-state index < -0.39 is 0 Å². The Hall–Kier alpha value is -2.30. The van der Waals surface area contributed by atoms with Gasteiger partial charge in [-0.25, -0.2) is 0 Å². The zero-order valence-electron chi connectivity index (χ0n) is 14.8. The second-order valence-corrected chi connectivity index (χ2v) is 6.79. The van der Waals surface area contributed by atoms with Gasteiger partial charge in [0.1, 0.15) is 0 Å². The maximum atomic E-state index is 12.2. The number of para-hydroxylation sites is 1. The number of aryl methyl sites for hydroxylation is 2. The summed E-state index contributed by atoms with van der Waals surface area (Å²) in [4.78, 5) is 25.8. The van der Waals surface area contributed by atoms with Crippen LogP contribution in [0.25, 0.3) is 6.08 Å². The van der Waals surface area contributed by atoms with Gasteiger partial charge >= 0.3 is 0 Å². The molecule has 0 aliphatic heterocycles. The fourth-order valence-electron chi connectivity index (χ4n) is 2.44. The Kier molecular flexibility index (Phi) is 6.83. The Morgan fingerprint density at radius 1 is 1.04 bits per heavy atom. The lowest BCUT2D eigenvalue weighted by molar-refractivity contribution is -0.129. The second kappa shape index (κ2) is 8.88. The first-order valence-electron chi connectivity index (χ1n) is 8.03. The number of hydrogen-bond donors (Lipinski definition) is 1. The highest BCUT2D eigenvalue weighted by atomic mass is 35.5. The maximum Gasteiger partial charge on any atom is 0.246 e. The molecule has 2 aromatic carbocycles. The summed E-state index contributed by atoms with van der Waals surface area (Å²) >= 11 is 12.1. The molecule has 0 saturated carbocycles. The topological polar surface area (TPSA) is 49.4 Å². The first-order valence-corrected chi connectivity index (χ1v) is 8.78. The molecule has 0 unspecified atom stereocenters. The van der Waals surface area contributed by atoms with Crippen LogP contribution in [0.4, 0.5) is 5.69 Å². The van der Waals surface area contributed by atoms with E-state index in [1.165, 1.54) is 11.0 Å². The average Bonchev–Trinajstić information content (AvgIpc) is 2.57. The second-order valence-electron chi connectivity index (χ2n) is 5.98. The summed E-state index contributed by atoms with van der Waals surface area (Å²) < 4.78 is 0. The van der Waals surface area contributed by atoms with Crippen LogP contribution >= 0.6 is 23.2 Å². The van der Waals surface area contributed by atoms with Gasteiger partial charge in [-0.3, -0.25) is 9.59 Å². The van der Waals surface area contributed by atoms with Crippen LogP contribution < -0.4 is 5.32 Å². The summed E-state index contributed by atoms with van der Waals surface area (Å²) in [5, 5.41) is 3.77. The van der Waals surface area contributed by atoms with Crippen molar-refractivity contribution in [2.75, 3.05) is 18.9 Å². The molecule has 0 fully saturated rings. The quantitative estimate of drug-likeness (QED) is 0.750. The highest BCUT2D eigenvalue weighted by Gasteiger charge is 2.13. The smallest absolute Gasteiger partial charge is 0.246 e. The van der Waals surface area contributed by atoms with Crippen molar-refractivity contribution in [3.63, 3.8) is 0 Å². The predicted molar refractivity (Wildman–Crippen MR) is 108 cm³/mol. The summed E-state index contributed by atoms with van der Waals surface area (Å²) in [5.74, 6) is -0.583. The first-order chi connectivity index (χ1) is 12.3. The minimum atomic E-state index is -0.322. The summed E-state index contributed by atoms with van der Waals surface area (Å²) in [6.07, 6.45) is 2.90. The van der Waals surface area contributed by atoms with Gasteiger partial charge in [0.2, 0.25) is 11.8 Å². The van der Waals surface area contributed by atoms with Gasteiger partial charge in [-0.15, -0.1) is 0 Å². The van der Waals surface area contributed by atoms with Crippen molar-refractivity contribution in [2.45, 2.75) is 13.8 Å². The average molecular weight is 391 g/mol. The van der Waals surface area contributed by atoms with E-state index in [1.807, 2.05) is 32.0 Å². The van der Waals surface area contributed by atoms with E-state index in [0.717, 1.165) is 16.8 Å². The summed E-state index contributed by atoms with van der Waals surface area (Å²) in [5.41, 5.74) is 3.29. The van der Waals surface area contributed by atoms with Crippen molar-refractivity contribution in [2.24, 2.45) is 0 Å². The Labute approximate surface area is 163 Å². The summed E-state index contributed by atoms with van der Waals surface area (Å²) in [6, 6.07) is 10.9. The SMILES string of the molecule is Cc1cccc(C)c1NC(=O)CN(C)C(=O)/C=C/c1c(Cl)cccc1Cl. The molecular formula is C20H20Cl2N2O2. The number of nitrogens with zero attached hydrogens (tertiary/aromatic N) is 1. The Bertz CT molecular complexity index is 822. The zero-order valence-corrected chi connectivity index (χ0v) is 16.4. The van der Waals surface area contributed by atoms with E-state index in [1.54, 1.807) is 31.3 Å². The molecule has 0 bridgehead atoms. The largest absolute Gasteiger partial charge is 0.333 e. The molecule has 6 heteroatoms. The molecule has 2 amide bonds. The summed E-state index contributed by atoms with van der Waals surface area (Å²) in [6.45, 7) is 3.79. The number of hydrogen-bond acceptors (Lipinski definition) is 2. The van der Waals surface area contributed by atoms with Gasteiger partial charge in [0.25, 0.3) is 0 Å². The van der Waals surface area contributed by atoms with Crippen LogP contribution in [0.3, 0.4) is 0 Å². The summed E-state index contributed by atoms with van der Waals surface area (Å²) in [7, 11) is 1.56. The molecule has 0 aliphatic rings. The third-order valence-corrected chi connectivity index (χ3v) is 4.55. The zero-order chi connectivity index (χ0) is 19.3. The highest BCUT2D eigenvalue weighted by Crippen LogP contribution is 2.25. The minimum absolute atomic E-state index is 0.0623. The number of carbonyl (C=O) groups is 2. The molecule has 2 rings (SSSR count). The molecule has 0 atom stereocenters. The van der Waals surface area contributed by atoms with Crippen LogP contribution in [0.15, 0.2) is 42.5 Å². The lowest BCUT2D eigenvalue weighted by Gasteiger charge is -2.16. The van der Waals surface area contributed by atoms with E-state index in [-0.39, 0.29) is 18.4 Å². The van der Waals surface area contributed by atoms with Crippen LogP contribution in [0, 0.1) is 13.8 Å². The molecule has 1 N–H and O–H groups in total. The minimum Gasteiger partial charge on any atom is -0.333 e. The van der Waals surface area contributed by atoms with Crippen molar-refractivity contribution < 1.29 is 9.59 Å². The number of rotatable bonds is 5. The number of benzene rings is 2. The normalized spacial score (nSPS) is 10.8. The molecule has 0 radical (unpaired) electrons. The molecule has 0 heterocycles. The van der Waals surface area contributed by atoms with Crippen molar-refractivity contribution in [1.82, 2.24) is 4.90 Å². The van der Waals surface area contributed by atoms with Gasteiger partial charge in [0, 0.05) is 34.4 Å². The van der Waals surface area contributed by atoms with Crippen molar-refractivity contribution in [1.29, 1.82) is 0 Å². The fraction of sp³-hybridized carbons (Fsp3) is 0.200. The Balaban J connectivity index is 2.00. The number of carbonyl (C=O) groups excluding carboxylic acids is 2. The third kappa shape index (κ3) is 5.10.